The molecule has 0 aliphatic heterocycles. The summed E-state index contributed by atoms with van der Waals surface area (Å²) in [6, 6.07) is 1.01. The zero-order valence-electron chi connectivity index (χ0n) is 15.2. The fourth-order valence-corrected chi connectivity index (χ4v) is 3.84. The quantitative estimate of drug-likeness (QED) is 0.373. The molecular formula is C16H13F6N4O3S+. The molecule has 0 aromatic carbocycles. The number of aryl methyl sites for hydroxylation is 1. The lowest BCUT2D eigenvalue weighted by Gasteiger charge is -2.11. The minimum absolute atomic E-state index is 0.146. The third-order valence-electron chi connectivity index (χ3n) is 4.30. The van der Waals surface area contributed by atoms with Crippen molar-refractivity contribution in [3.63, 3.8) is 0 Å². The van der Waals surface area contributed by atoms with E-state index in [1.807, 2.05) is 0 Å². The third-order valence-corrected chi connectivity index (χ3v) is 6.04. The minimum atomic E-state index is -4.87. The summed E-state index contributed by atoms with van der Waals surface area (Å²) in [5.41, 5.74) is -3.65. The van der Waals surface area contributed by atoms with Gasteiger partial charge in [0.05, 0.1) is 23.3 Å². The van der Waals surface area contributed by atoms with Crippen LogP contribution in [-0.4, -0.2) is 33.9 Å². The van der Waals surface area contributed by atoms with Gasteiger partial charge in [0.25, 0.3) is 0 Å². The van der Waals surface area contributed by atoms with Crippen molar-refractivity contribution in [3.05, 3.63) is 35.7 Å². The Balaban J connectivity index is 2.35. The van der Waals surface area contributed by atoms with Crippen LogP contribution in [0.3, 0.4) is 0 Å². The van der Waals surface area contributed by atoms with Crippen LogP contribution >= 0.6 is 0 Å². The van der Waals surface area contributed by atoms with Gasteiger partial charge < -0.3 is 5.21 Å². The number of nitrogens with zero attached hydrogens (tertiary/aromatic N) is 4. The predicted octanol–water partition coefficient (Wildman–Crippen LogP) is 2.99. The largest absolute Gasteiger partial charge is 0.420 e. The first-order valence-corrected chi connectivity index (χ1v) is 9.81. The van der Waals surface area contributed by atoms with Crippen LogP contribution in [-0.2, 0) is 29.2 Å². The third kappa shape index (κ3) is 3.66. The molecule has 0 aliphatic rings. The molecule has 162 valence electrons. The summed E-state index contributed by atoms with van der Waals surface area (Å²) in [6.45, 7) is 1.21. The van der Waals surface area contributed by atoms with Crippen molar-refractivity contribution in [3.8, 4) is 11.5 Å². The number of fused-ring (bicyclic) bond motifs is 1. The number of aromatic nitrogens is 4. The van der Waals surface area contributed by atoms with E-state index in [-0.39, 0.29) is 21.7 Å². The molecule has 3 aromatic rings. The summed E-state index contributed by atoms with van der Waals surface area (Å²) >= 11 is 0. The average molecular weight is 455 g/mol. The van der Waals surface area contributed by atoms with Crippen LogP contribution in [0.1, 0.15) is 18.1 Å². The fourth-order valence-electron chi connectivity index (χ4n) is 2.78. The number of sulfone groups is 1. The lowest BCUT2D eigenvalue weighted by Crippen LogP contribution is -2.34. The van der Waals surface area contributed by atoms with Gasteiger partial charge in [0, 0.05) is 6.20 Å². The number of pyridine rings is 2. The first-order chi connectivity index (χ1) is 13.7. The molecule has 0 fully saturated rings. The lowest BCUT2D eigenvalue weighted by atomic mass is 10.2. The summed E-state index contributed by atoms with van der Waals surface area (Å²) in [6.07, 6.45) is -8.89. The van der Waals surface area contributed by atoms with Gasteiger partial charge in [0.2, 0.25) is 5.82 Å². The van der Waals surface area contributed by atoms with E-state index in [0.29, 0.717) is 24.5 Å². The molecule has 30 heavy (non-hydrogen) atoms. The molecule has 1 N–H and O–H groups in total. The maximum atomic E-state index is 13.1. The molecule has 0 radical (unpaired) electrons. The first-order valence-electron chi connectivity index (χ1n) is 8.15. The molecule has 0 aliphatic carbocycles. The van der Waals surface area contributed by atoms with Crippen LogP contribution in [0.25, 0.3) is 22.7 Å². The van der Waals surface area contributed by atoms with Crippen LogP contribution in [0.15, 0.2) is 29.4 Å². The van der Waals surface area contributed by atoms with E-state index in [1.165, 1.54) is 14.0 Å². The topological polar surface area (TPSA) is 89.0 Å². The highest BCUT2D eigenvalue weighted by Crippen LogP contribution is 2.35. The van der Waals surface area contributed by atoms with Gasteiger partial charge in [-0.15, -0.1) is 0 Å². The molecule has 0 saturated carbocycles. The van der Waals surface area contributed by atoms with E-state index in [9.17, 15) is 40.0 Å². The number of imidazole rings is 1. The molecule has 3 heterocycles. The molecule has 7 nitrogen and oxygen atoms in total. The van der Waals surface area contributed by atoms with Crippen molar-refractivity contribution in [2.24, 2.45) is 7.05 Å². The zero-order valence-corrected chi connectivity index (χ0v) is 16.1. The van der Waals surface area contributed by atoms with Crippen molar-refractivity contribution >= 4 is 21.0 Å². The Kier molecular flexibility index (Phi) is 4.96. The smallest absolute Gasteiger partial charge is 0.350 e. The SMILES string of the molecule is CCS(=O)(=O)c1cc(C(F)(F)F)cnc1-c1nc2cc(C(F)(F)F)c[n+](O)c2n1C. The van der Waals surface area contributed by atoms with Gasteiger partial charge in [-0.3, -0.25) is 0 Å². The number of alkyl halides is 6. The van der Waals surface area contributed by atoms with Crippen LogP contribution in [0.2, 0.25) is 0 Å². The highest BCUT2D eigenvalue weighted by molar-refractivity contribution is 7.91. The van der Waals surface area contributed by atoms with Gasteiger partial charge in [-0.25, -0.2) is 18.0 Å². The van der Waals surface area contributed by atoms with Crippen LogP contribution < -0.4 is 4.73 Å². The Morgan fingerprint density at radius 3 is 2.23 bits per heavy atom. The van der Waals surface area contributed by atoms with E-state index in [0.717, 1.165) is 4.57 Å². The van der Waals surface area contributed by atoms with E-state index in [2.05, 4.69) is 9.97 Å². The minimum Gasteiger partial charge on any atom is -0.350 e. The maximum absolute atomic E-state index is 13.1. The molecule has 14 heteroatoms. The zero-order chi connectivity index (χ0) is 22.6. The van der Waals surface area contributed by atoms with Gasteiger partial charge >= 0.3 is 18.0 Å². The second-order valence-corrected chi connectivity index (χ2v) is 8.49. The average Bonchev–Trinajstić information content (AvgIpc) is 2.96. The summed E-state index contributed by atoms with van der Waals surface area (Å²) in [5.74, 6) is -0.890. The van der Waals surface area contributed by atoms with Gasteiger partial charge in [-0.05, 0) is 16.9 Å². The van der Waals surface area contributed by atoms with Crippen LogP contribution in [0.4, 0.5) is 26.3 Å². The summed E-state index contributed by atoms with van der Waals surface area (Å²) in [5, 5.41) is 9.95. The Morgan fingerprint density at radius 2 is 1.70 bits per heavy atom. The molecular weight excluding hydrogens is 442 g/mol. The molecule has 0 atom stereocenters. The summed E-state index contributed by atoms with van der Waals surface area (Å²) in [4.78, 5) is 6.70. The Hall–Kier alpha value is -2.90. The second kappa shape index (κ2) is 6.82. The van der Waals surface area contributed by atoms with Crippen molar-refractivity contribution in [1.82, 2.24) is 14.5 Å². The maximum Gasteiger partial charge on any atom is 0.420 e. The van der Waals surface area contributed by atoms with Gasteiger partial charge in [-0.1, -0.05) is 6.92 Å². The monoisotopic (exact) mass is 455 g/mol. The number of hydrogen-bond donors (Lipinski definition) is 1. The molecule has 3 aromatic heterocycles. The van der Waals surface area contributed by atoms with E-state index >= 15 is 0 Å². The van der Waals surface area contributed by atoms with Crippen LogP contribution in [0, 0.1) is 0 Å². The highest BCUT2D eigenvalue weighted by Gasteiger charge is 2.37. The second-order valence-electron chi connectivity index (χ2n) is 6.25. The van der Waals surface area contributed by atoms with Crippen molar-refractivity contribution in [1.29, 1.82) is 0 Å². The van der Waals surface area contributed by atoms with Gasteiger partial charge in [-0.2, -0.15) is 31.3 Å². The van der Waals surface area contributed by atoms with Crippen molar-refractivity contribution < 1.29 is 44.7 Å². The molecule has 0 bridgehead atoms. The van der Waals surface area contributed by atoms with Gasteiger partial charge in [0.15, 0.2) is 15.4 Å². The predicted molar refractivity (Wildman–Crippen MR) is 89.1 cm³/mol. The fraction of sp³-hybridized carbons (Fsp3) is 0.312. The van der Waals surface area contributed by atoms with E-state index < -0.39 is 49.7 Å². The molecule has 0 unspecified atom stereocenters. The highest BCUT2D eigenvalue weighted by atomic mass is 32.2. The van der Waals surface area contributed by atoms with Gasteiger partial charge in [0.1, 0.15) is 17.5 Å². The molecule has 0 saturated heterocycles. The number of hydrogen-bond acceptors (Lipinski definition) is 5. The molecule has 3 rings (SSSR count). The number of rotatable bonds is 3. The Bertz CT molecular complexity index is 1250. The molecule has 0 spiro atoms. The van der Waals surface area contributed by atoms with Crippen molar-refractivity contribution in [2.45, 2.75) is 24.2 Å². The summed E-state index contributed by atoms with van der Waals surface area (Å²) < 4.78 is 104. The molecule has 0 amide bonds. The number of halogens is 6. The van der Waals surface area contributed by atoms with E-state index in [4.69, 9.17) is 0 Å². The summed E-state index contributed by atoms with van der Waals surface area (Å²) in [7, 11) is -2.98. The lowest BCUT2D eigenvalue weighted by molar-refractivity contribution is -0.886. The normalized spacial score (nSPS) is 13.2. The van der Waals surface area contributed by atoms with Crippen molar-refractivity contribution in [2.75, 3.05) is 5.75 Å². The Morgan fingerprint density at radius 1 is 1.10 bits per heavy atom. The van der Waals surface area contributed by atoms with Crippen LogP contribution in [0.5, 0.6) is 0 Å². The standard InChI is InChI=1S/C16H13F6N4O3S/c1-3-30(28,29)11-5-8(15(17,18)19)6-23-12(11)13-24-10-4-9(16(20,21)22)7-26(27)14(10)25(13)2/h4-7,27H,3H2,1-2H3/q+1. The Labute approximate surface area is 165 Å². The first kappa shape index (κ1) is 21.8. The van der Waals surface area contributed by atoms with E-state index in [1.54, 1.807) is 0 Å².